The molecule has 1 aromatic heterocycles. The number of Topliss-reactive ketones (excluding diaryl/α,β-unsaturated/α-hetero) is 1. The summed E-state index contributed by atoms with van der Waals surface area (Å²) in [6.45, 7) is 0.775. The molecule has 1 aromatic rings. The third kappa shape index (κ3) is 3.39. The number of carbonyl (C=O) groups is 1. The summed E-state index contributed by atoms with van der Waals surface area (Å²) >= 11 is 5.14. The molecule has 0 unspecified atom stereocenters. The summed E-state index contributed by atoms with van der Waals surface area (Å²) in [6.07, 6.45) is 4.90. The van der Waals surface area contributed by atoms with Gasteiger partial charge in [-0.2, -0.15) is 0 Å². The van der Waals surface area contributed by atoms with Crippen LogP contribution in [0.3, 0.4) is 0 Å². The zero-order chi connectivity index (χ0) is 12.3. The molecule has 0 saturated heterocycles. The summed E-state index contributed by atoms with van der Waals surface area (Å²) in [4.78, 5) is 13.3. The van der Waals surface area contributed by atoms with Crippen LogP contribution in [0.5, 0.6) is 0 Å². The molecule has 0 bridgehead atoms. The summed E-state index contributed by atoms with van der Waals surface area (Å²) in [5.41, 5.74) is 5.66. The zero-order valence-electron chi connectivity index (χ0n) is 9.82. The molecular weight excluding hydrogens is 298 g/mol. The standard InChI is InChI=1S/C13H18BrNOS/c14-11-5-6-17-13(11)7-12(16)10-3-1-9(8-15)2-4-10/h5-6,9-10H,1-4,7-8,15H2. The van der Waals surface area contributed by atoms with Gasteiger partial charge in [0.25, 0.3) is 0 Å². The van der Waals surface area contributed by atoms with Gasteiger partial charge in [-0.1, -0.05) is 0 Å². The van der Waals surface area contributed by atoms with Crippen molar-refractivity contribution >= 4 is 33.0 Å². The van der Waals surface area contributed by atoms with Crippen molar-refractivity contribution in [3.8, 4) is 0 Å². The van der Waals surface area contributed by atoms with Gasteiger partial charge in [0.1, 0.15) is 5.78 Å². The van der Waals surface area contributed by atoms with Gasteiger partial charge < -0.3 is 5.73 Å². The molecule has 0 aliphatic heterocycles. The molecule has 2 rings (SSSR count). The van der Waals surface area contributed by atoms with E-state index in [0.29, 0.717) is 18.1 Å². The Labute approximate surface area is 115 Å². The third-order valence-electron chi connectivity index (χ3n) is 3.66. The number of hydrogen-bond donors (Lipinski definition) is 1. The Morgan fingerprint density at radius 3 is 2.65 bits per heavy atom. The number of ketones is 1. The minimum atomic E-state index is 0.270. The molecule has 94 valence electrons. The molecule has 0 spiro atoms. The van der Waals surface area contributed by atoms with Crippen LogP contribution in [0.1, 0.15) is 30.6 Å². The predicted octanol–water partition coefficient (Wildman–Crippen LogP) is 3.39. The van der Waals surface area contributed by atoms with Gasteiger partial charge in [-0.15, -0.1) is 11.3 Å². The minimum absolute atomic E-state index is 0.270. The van der Waals surface area contributed by atoms with Crippen molar-refractivity contribution in [3.63, 3.8) is 0 Å². The minimum Gasteiger partial charge on any atom is -0.330 e. The summed E-state index contributed by atoms with van der Waals surface area (Å²) in [7, 11) is 0. The lowest BCUT2D eigenvalue weighted by atomic mass is 9.79. The molecular formula is C13H18BrNOS. The van der Waals surface area contributed by atoms with E-state index in [-0.39, 0.29) is 5.92 Å². The first kappa shape index (κ1) is 13.2. The molecule has 1 saturated carbocycles. The first-order valence-electron chi connectivity index (χ1n) is 6.15. The molecule has 1 aliphatic rings. The highest BCUT2D eigenvalue weighted by molar-refractivity contribution is 9.10. The fourth-order valence-electron chi connectivity index (χ4n) is 2.47. The van der Waals surface area contributed by atoms with Gasteiger partial charge in [0.15, 0.2) is 0 Å². The van der Waals surface area contributed by atoms with Gasteiger partial charge in [-0.25, -0.2) is 0 Å². The lowest BCUT2D eigenvalue weighted by Crippen LogP contribution is -2.26. The summed E-state index contributed by atoms with van der Waals surface area (Å²) in [5, 5.41) is 2.03. The van der Waals surface area contributed by atoms with Crippen molar-refractivity contribution in [3.05, 3.63) is 20.8 Å². The van der Waals surface area contributed by atoms with E-state index in [1.807, 2.05) is 11.4 Å². The number of hydrogen-bond acceptors (Lipinski definition) is 3. The van der Waals surface area contributed by atoms with Crippen molar-refractivity contribution in [2.24, 2.45) is 17.6 Å². The van der Waals surface area contributed by atoms with Crippen LogP contribution in [-0.2, 0) is 11.2 Å². The molecule has 1 fully saturated rings. The van der Waals surface area contributed by atoms with Gasteiger partial charge in [-0.3, -0.25) is 4.79 Å². The van der Waals surface area contributed by atoms with E-state index in [9.17, 15) is 4.79 Å². The second kappa shape index (κ2) is 6.12. The number of halogens is 1. The van der Waals surface area contributed by atoms with Crippen LogP contribution in [0.15, 0.2) is 15.9 Å². The molecule has 2 N–H and O–H groups in total. The number of carbonyl (C=O) groups excluding carboxylic acids is 1. The normalized spacial score (nSPS) is 24.8. The molecule has 2 nitrogen and oxygen atoms in total. The van der Waals surface area contributed by atoms with Gasteiger partial charge in [0.2, 0.25) is 0 Å². The maximum absolute atomic E-state index is 12.2. The Morgan fingerprint density at radius 1 is 1.41 bits per heavy atom. The Balaban J connectivity index is 1.87. The number of rotatable bonds is 4. The van der Waals surface area contributed by atoms with E-state index < -0.39 is 0 Å². The van der Waals surface area contributed by atoms with Crippen molar-refractivity contribution in [1.82, 2.24) is 0 Å². The highest BCUT2D eigenvalue weighted by atomic mass is 79.9. The predicted molar refractivity (Wildman–Crippen MR) is 75.2 cm³/mol. The molecule has 0 amide bonds. The van der Waals surface area contributed by atoms with Gasteiger partial charge in [-0.05, 0) is 65.5 Å². The molecule has 0 radical (unpaired) electrons. The van der Waals surface area contributed by atoms with E-state index >= 15 is 0 Å². The van der Waals surface area contributed by atoms with E-state index in [2.05, 4.69) is 15.9 Å². The van der Waals surface area contributed by atoms with Crippen LogP contribution in [0.4, 0.5) is 0 Å². The lowest BCUT2D eigenvalue weighted by molar-refractivity contribution is -0.123. The second-order valence-corrected chi connectivity index (χ2v) is 6.64. The first-order valence-corrected chi connectivity index (χ1v) is 7.82. The van der Waals surface area contributed by atoms with Crippen LogP contribution in [0, 0.1) is 11.8 Å². The monoisotopic (exact) mass is 315 g/mol. The lowest BCUT2D eigenvalue weighted by Gasteiger charge is -2.26. The van der Waals surface area contributed by atoms with Crippen LogP contribution < -0.4 is 5.73 Å². The highest BCUT2D eigenvalue weighted by Gasteiger charge is 2.25. The Kier molecular flexibility index (Phi) is 4.77. The quantitative estimate of drug-likeness (QED) is 0.925. The summed E-state index contributed by atoms with van der Waals surface area (Å²) in [6, 6.07) is 2.01. The number of thiophene rings is 1. The smallest absolute Gasteiger partial charge is 0.141 e. The molecule has 0 aromatic carbocycles. The van der Waals surface area contributed by atoms with Gasteiger partial charge in [0.05, 0.1) is 0 Å². The van der Waals surface area contributed by atoms with Gasteiger partial charge >= 0.3 is 0 Å². The van der Waals surface area contributed by atoms with Crippen molar-refractivity contribution < 1.29 is 4.79 Å². The van der Waals surface area contributed by atoms with Crippen molar-refractivity contribution in [2.45, 2.75) is 32.1 Å². The Morgan fingerprint density at radius 2 is 2.12 bits per heavy atom. The van der Waals surface area contributed by atoms with Crippen LogP contribution in [0.25, 0.3) is 0 Å². The molecule has 4 heteroatoms. The van der Waals surface area contributed by atoms with Crippen LogP contribution in [-0.4, -0.2) is 12.3 Å². The molecule has 1 aliphatic carbocycles. The zero-order valence-corrected chi connectivity index (χ0v) is 12.2. The van der Waals surface area contributed by atoms with E-state index in [0.717, 1.165) is 41.6 Å². The summed E-state index contributed by atoms with van der Waals surface area (Å²) in [5.74, 6) is 1.32. The van der Waals surface area contributed by atoms with Crippen LogP contribution >= 0.6 is 27.3 Å². The average molecular weight is 316 g/mol. The average Bonchev–Trinajstić information content (AvgIpc) is 2.75. The fraction of sp³-hybridized carbons (Fsp3) is 0.615. The topological polar surface area (TPSA) is 43.1 Å². The maximum Gasteiger partial charge on any atom is 0.141 e. The SMILES string of the molecule is NCC1CCC(C(=O)Cc2sccc2Br)CC1. The Bertz CT molecular complexity index is 383. The van der Waals surface area contributed by atoms with E-state index in [4.69, 9.17) is 5.73 Å². The third-order valence-corrected chi connectivity index (χ3v) is 5.59. The maximum atomic E-state index is 12.2. The van der Waals surface area contributed by atoms with Gasteiger partial charge in [0, 0.05) is 21.7 Å². The summed E-state index contributed by atoms with van der Waals surface area (Å²) < 4.78 is 1.08. The second-order valence-electron chi connectivity index (χ2n) is 4.79. The van der Waals surface area contributed by atoms with Crippen LogP contribution in [0.2, 0.25) is 0 Å². The van der Waals surface area contributed by atoms with E-state index in [1.165, 1.54) is 0 Å². The fourth-order valence-corrected chi connectivity index (χ4v) is 3.98. The van der Waals surface area contributed by atoms with Crippen molar-refractivity contribution in [1.29, 1.82) is 0 Å². The Hall–Kier alpha value is -0.190. The molecule has 0 atom stereocenters. The first-order chi connectivity index (χ1) is 8.20. The van der Waals surface area contributed by atoms with E-state index in [1.54, 1.807) is 11.3 Å². The van der Waals surface area contributed by atoms with Crippen molar-refractivity contribution in [2.75, 3.05) is 6.54 Å². The molecule has 17 heavy (non-hydrogen) atoms. The molecule has 1 heterocycles. The largest absolute Gasteiger partial charge is 0.330 e. The number of nitrogens with two attached hydrogens (primary N) is 1. The highest BCUT2D eigenvalue weighted by Crippen LogP contribution is 2.31.